The number of benzene rings is 1. The quantitative estimate of drug-likeness (QED) is 0.699. The van der Waals surface area contributed by atoms with E-state index in [1.165, 1.54) is 4.90 Å². The van der Waals surface area contributed by atoms with Crippen LogP contribution < -0.4 is 20.3 Å². The number of hydrogen-bond acceptors (Lipinski definition) is 3. The highest BCUT2D eigenvalue weighted by atomic mass is 35.5. The molecule has 2 aliphatic rings. The van der Waals surface area contributed by atoms with E-state index in [-0.39, 0.29) is 23.8 Å². The van der Waals surface area contributed by atoms with Gasteiger partial charge in [-0.15, -0.1) is 0 Å². The molecule has 3 N–H and O–H groups in total. The number of carbonyl (C=O) groups is 2. The van der Waals surface area contributed by atoms with Crippen molar-refractivity contribution in [2.75, 3.05) is 32.1 Å². The van der Waals surface area contributed by atoms with E-state index in [0.717, 1.165) is 38.8 Å². The van der Waals surface area contributed by atoms with Crippen molar-refractivity contribution in [1.82, 2.24) is 5.32 Å². The maximum Gasteiger partial charge on any atom is 0.279 e. The van der Waals surface area contributed by atoms with E-state index in [2.05, 4.69) is 10.6 Å². The molecule has 1 aromatic rings. The lowest BCUT2D eigenvalue weighted by atomic mass is 10.0. The third-order valence-corrected chi connectivity index (χ3v) is 5.07. The number of ether oxygens (including phenoxy) is 1. The molecule has 1 saturated heterocycles. The van der Waals surface area contributed by atoms with E-state index in [4.69, 9.17) is 16.3 Å². The number of carbonyl (C=O) groups excluding carboxylic acids is 2. The number of hydrogen-bond donors (Lipinski definition) is 3. The van der Waals surface area contributed by atoms with Gasteiger partial charge in [0.2, 0.25) is 5.91 Å². The van der Waals surface area contributed by atoms with E-state index in [0.29, 0.717) is 23.0 Å². The summed E-state index contributed by atoms with van der Waals surface area (Å²) in [5.41, 5.74) is 0.589. The number of halogens is 1. The van der Waals surface area contributed by atoms with Crippen molar-refractivity contribution in [3.05, 3.63) is 23.2 Å². The Morgan fingerprint density at radius 2 is 1.96 bits per heavy atom. The van der Waals surface area contributed by atoms with Crippen LogP contribution in [-0.2, 0) is 9.59 Å². The van der Waals surface area contributed by atoms with Gasteiger partial charge >= 0.3 is 0 Å². The summed E-state index contributed by atoms with van der Waals surface area (Å²) in [5, 5.41) is 6.56. The normalized spacial score (nSPS) is 23.0. The van der Waals surface area contributed by atoms with Crippen molar-refractivity contribution >= 4 is 29.1 Å². The van der Waals surface area contributed by atoms with Gasteiger partial charge in [-0.3, -0.25) is 9.59 Å². The van der Waals surface area contributed by atoms with E-state index < -0.39 is 0 Å². The second kappa shape index (κ2) is 8.06. The van der Waals surface area contributed by atoms with Gasteiger partial charge in [0.25, 0.3) is 5.91 Å². The molecular weight excluding hydrogens is 342 g/mol. The predicted molar refractivity (Wildman–Crippen MR) is 96.1 cm³/mol. The third kappa shape index (κ3) is 5.09. The number of piperidine rings is 1. The SMILES string of the molecule is COc1ccc(Cl)cc1NC(=O)C[NH+]1CCC(NC(=O)C2CC2)CC1. The fourth-order valence-electron chi connectivity index (χ4n) is 3.21. The highest BCUT2D eigenvalue weighted by Crippen LogP contribution is 2.29. The summed E-state index contributed by atoms with van der Waals surface area (Å²) < 4.78 is 5.25. The van der Waals surface area contributed by atoms with Crippen LogP contribution in [0.2, 0.25) is 5.02 Å². The topological polar surface area (TPSA) is 71.9 Å². The predicted octanol–water partition coefficient (Wildman–Crippen LogP) is 0.861. The maximum atomic E-state index is 12.3. The lowest BCUT2D eigenvalue weighted by molar-refractivity contribution is -0.897. The molecule has 3 rings (SSSR count). The first-order chi connectivity index (χ1) is 12.0. The minimum absolute atomic E-state index is 0.0592. The van der Waals surface area contributed by atoms with Gasteiger partial charge in [-0.2, -0.15) is 0 Å². The molecule has 1 saturated carbocycles. The summed E-state index contributed by atoms with van der Waals surface area (Å²) in [7, 11) is 1.56. The van der Waals surface area contributed by atoms with Crippen LogP contribution in [-0.4, -0.2) is 44.6 Å². The van der Waals surface area contributed by atoms with Crippen LogP contribution in [0.3, 0.4) is 0 Å². The first-order valence-electron chi connectivity index (χ1n) is 8.82. The third-order valence-electron chi connectivity index (χ3n) is 4.83. The number of amides is 2. The zero-order chi connectivity index (χ0) is 17.8. The number of methoxy groups -OCH3 is 1. The number of likely N-dealkylation sites (tertiary alicyclic amines) is 1. The number of quaternary nitrogens is 1. The van der Waals surface area contributed by atoms with Crippen LogP contribution in [0.15, 0.2) is 18.2 Å². The summed E-state index contributed by atoms with van der Waals surface area (Å²) in [6.07, 6.45) is 3.90. The molecule has 0 aromatic heterocycles. The van der Waals surface area contributed by atoms with Gasteiger partial charge in [0, 0.05) is 29.8 Å². The number of rotatable bonds is 6. The van der Waals surface area contributed by atoms with E-state index in [1.807, 2.05) is 0 Å². The highest BCUT2D eigenvalue weighted by molar-refractivity contribution is 6.31. The van der Waals surface area contributed by atoms with Crippen LogP contribution in [0.25, 0.3) is 0 Å². The summed E-state index contributed by atoms with van der Waals surface area (Å²) >= 11 is 5.99. The smallest absolute Gasteiger partial charge is 0.279 e. The van der Waals surface area contributed by atoms with Gasteiger partial charge in [-0.25, -0.2) is 0 Å². The van der Waals surface area contributed by atoms with Gasteiger partial charge in [0.15, 0.2) is 6.54 Å². The van der Waals surface area contributed by atoms with Crippen molar-refractivity contribution in [3.8, 4) is 5.75 Å². The molecule has 0 radical (unpaired) electrons. The van der Waals surface area contributed by atoms with Gasteiger partial charge < -0.3 is 20.3 Å². The molecule has 136 valence electrons. The summed E-state index contributed by atoms with van der Waals surface area (Å²) in [5.74, 6) is 0.994. The highest BCUT2D eigenvalue weighted by Gasteiger charge is 2.32. The van der Waals surface area contributed by atoms with Gasteiger partial charge in [0.1, 0.15) is 5.75 Å². The average Bonchev–Trinajstić information content (AvgIpc) is 3.42. The van der Waals surface area contributed by atoms with Gasteiger partial charge in [-0.05, 0) is 31.0 Å². The fourth-order valence-corrected chi connectivity index (χ4v) is 3.38. The summed E-state index contributed by atoms with van der Waals surface area (Å²) in [6.45, 7) is 2.17. The summed E-state index contributed by atoms with van der Waals surface area (Å²) in [4.78, 5) is 25.4. The molecule has 0 bridgehead atoms. The minimum Gasteiger partial charge on any atom is -0.495 e. The monoisotopic (exact) mass is 366 g/mol. The zero-order valence-electron chi connectivity index (χ0n) is 14.4. The molecule has 1 aliphatic carbocycles. The average molecular weight is 367 g/mol. The molecule has 6 nitrogen and oxygen atoms in total. The van der Waals surface area contributed by atoms with Gasteiger partial charge in [0.05, 0.1) is 25.9 Å². The molecule has 1 aliphatic heterocycles. The van der Waals surface area contributed by atoms with Crippen molar-refractivity contribution in [2.24, 2.45) is 5.92 Å². The Labute approximate surface area is 152 Å². The van der Waals surface area contributed by atoms with Crippen LogP contribution in [0, 0.1) is 5.92 Å². The fraction of sp³-hybridized carbons (Fsp3) is 0.556. The van der Waals surface area contributed by atoms with E-state index in [1.54, 1.807) is 25.3 Å². The van der Waals surface area contributed by atoms with Crippen LogP contribution in [0.1, 0.15) is 25.7 Å². The zero-order valence-corrected chi connectivity index (χ0v) is 15.2. The molecule has 1 aromatic carbocycles. The Hall–Kier alpha value is -1.79. The van der Waals surface area contributed by atoms with Crippen molar-refractivity contribution in [3.63, 3.8) is 0 Å². The van der Waals surface area contributed by atoms with Crippen molar-refractivity contribution < 1.29 is 19.2 Å². The van der Waals surface area contributed by atoms with E-state index >= 15 is 0 Å². The molecule has 25 heavy (non-hydrogen) atoms. The Morgan fingerprint density at radius 3 is 2.60 bits per heavy atom. The molecule has 0 atom stereocenters. The number of nitrogens with one attached hydrogen (secondary N) is 3. The Morgan fingerprint density at radius 1 is 1.24 bits per heavy atom. The molecule has 1 heterocycles. The van der Waals surface area contributed by atoms with Crippen LogP contribution in [0.4, 0.5) is 5.69 Å². The van der Waals surface area contributed by atoms with Crippen molar-refractivity contribution in [2.45, 2.75) is 31.7 Å². The van der Waals surface area contributed by atoms with Gasteiger partial charge in [-0.1, -0.05) is 11.6 Å². The molecular formula is C18H25ClN3O3+. The Balaban J connectivity index is 1.44. The molecule has 7 heteroatoms. The minimum atomic E-state index is -0.0592. The first-order valence-corrected chi connectivity index (χ1v) is 9.20. The molecule has 0 unspecified atom stereocenters. The Kier molecular flexibility index (Phi) is 5.81. The first kappa shape index (κ1) is 18.0. The molecule has 0 spiro atoms. The second-order valence-electron chi connectivity index (χ2n) is 6.88. The summed E-state index contributed by atoms with van der Waals surface area (Å²) in [6, 6.07) is 5.40. The second-order valence-corrected chi connectivity index (χ2v) is 7.31. The maximum absolute atomic E-state index is 12.3. The number of anilines is 1. The Bertz CT molecular complexity index is 640. The largest absolute Gasteiger partial charge is 0.495 e. The van der Waals surface area contributed by atoms with Crippen molar-refractivity contribution in [1.29, 1.82) is 0 Å². The molecule has 2 fully saturated rings. The van der Waals surface area contributed by atoms with Crippen LogP contribution >= 0.6 is 11.6 Å². The van der Waals surface area contributed by atoms with E-state index in [9.17, 15) is 9.59 Å². The lowest BCUT2D eigenvalue weighted by Gasteiger charge is -2.29. The van der Waals surface area contributed by atoms with Crippen LogP contribution in [0.5, 0.6) is 5.75 Å². The molecule has 2 amide bonds. The lowest BCUT2D eigenvalue weighted by Crippen LogP contribution is -3.14. The standard InChI is InChI=1S/C18H24ClN3O3/c1-25-16-5-4-13(19)10-15(16)21-17(23)11-22-8-6-14(7-9-22)20-18(24)12-2-3-12/h4-5,10,12,14H,2-3,6-9,11H2,1H3,(H,20,24)(H,21,23)/p+1.